The smallest absolute Gasteiger partial charge is 0.292 e. The summed E-state index contributed by atoms with van der Waals surface area (Å²) in [7, 11) is 13.6. The van der Waals surface area contributed by atoms with Crippen LogP contribution in [-0.4, -0.2) is 141 Å². The summed E-state index contributed by atoms with van der Waals surface area (Å²) in [4.78, 5) is 118. The third-order valence-electron chi connectivity index (χ3n) is 10.9. The number of aromatic nitrogens is 9. The molecule has 6 heterocycles. The maximum Gasteiger partial charge on any atom is 0.292 e. The molecule has 0 aromatic carbocycles. The molecule has 0 radical (unpaired) electrons. The van der Waals surface area contributed by atoms with Gasteiger partial charge in [0.25, 0.3) is 35.4 Å². The number of nitrogens with one attached hydrogen (secondary N) is 8. The van der Waals surface area contributed by atoms with E-state index < -0.39 is 47.4 Å². The highest BCUT2D eigenvalue weighted by atomic mass is 16.2. The van der Waals surface area contributed by atoms with Crippen molar-refractivity contribution in [3.63, 3.8) is 0 Å². The van der Waals surface area contributed by atoms with E-state index in [0.717, 1.165) is 13.0 Å². The van der Waals surface area contributed by atoms with Crippen molar-refractivity contribution in [3.8, 4) is 0 Å². The van der Waals surface area contributed by atoms with E-state index >= 15 is 0 Å². The zero-order valence-electron chi connectivity index (χ0n) is 41.1. The fourth-order valence-corrected chi connectivity index (χ4v) is 7.29. The standard InChI is InChI=1S/C45H59N19O8/c1-58(2)14-9-11-47-35(65)10-12-49-40(67)30-17-27(21-60(30)4)51-42(69)32-19-29(23-62(32)6)53-44(71)38-55-33(24-63(38)7)54-36(66)16-26(46)20-50-41(68)31-18-28(22-61(31)5)52-45(72)39-56-34(25-64(39)8)57-43(70)37-48-13-15-59(37)3/h13,15,17-19,21-26H,9-12,14,16,20,46H2,1-8H3,(H,47,65)(H,49,67)(H,50,68)(H,51,69)(H,52,72)(H,53,71)(H,54,66)(H,57,70)/t26-/m0/s1. The van der Waals surface area contributed by atoms with Crippen LogP contribution in [0.5, 0.6) is 0 Å². The Labute approximate surface area is 412 Å². The van der Waals surface area contributed by atoms with Crippen LogP contribution in [-0.2, 0) is 51.9 Å². The van der Waals surface area contributed by atoms with E-state index in [9.17, 15) is 38.4 Å². The lowest BCUT2D eigenvalue weighted by Crippen LogP contribution is -2.40. The first-order valence-electron chi connectivity index (χ1n) is 22.5. The number of nitrogens with two attached hydrogens (primary N) is 1. The lowest BCUT2D eigenvalue weighted by molar-refractivity contribution is -0.121. The molecule has 1 atom stereocenters. The van der Waals surface area contributed by atoms with Crippen LogP contribution in [0.25, 0.3) is 0 Å². The number of anilines is 5. The number of rotatable bonds is 22. The van der Waals surface area contributed by atoms with Gasteiger partial charge in [0, 0.05) is 124 Å². The normalized spacial score (nSPS) is 11.5. The Morgan fingerprint density at radius 2 is 1.03 bits per heavy atom. The SMILES string of the molecule is CN(C)CCCNC(=O)CCNC(=O)c1cc(NC(=O)c2cc(NC(=O)c3nc(NC(=O)C[C@H](N)CNC(=O)c4cc(NC(=O)c5nc(NC(=O)c6nccn6C)cn5C)cn4C)cn3C)cn2C)cn1C. The fraction of sp³-hybridized carbons (Fsp3) is 0.356. The van der Waals surface area contributed by atoms with E-state index in [1.165, 1.54) is 72.0 Å². The lowest BCUT2D eigenvalue weighted by Gasteiger charge is -2.12. The molecule has 0 fully saturated rings. The van der Waals surface area contributed by atoms with Crippen molar-refractivity contribution in [2.45, 2.75) is 25.3 Å². The van der Waals surface area contributed by atoms with Gasteiger partial charge >= 0.3 is 0 Å². The van der Waals surface area contributed by atoms with Crippen LogP contribution in [0.3, 0.4) is 0 Å². The van der Waals surface area contributed by atoms with E-state index in [1.807, 2.05) is 19.0 Å². The van der Waals surface area contributed by atoms with Gasteiger partial charge in [0.15, 0.2) is 17.5 Å². The summed E-state index contributed by atoms with van der Waals surface area (Å²) in [5.41, 5.74) is 7.76. The molecule has 382 valence electrons. The average Bonchev–Trinajstić information content (AvgIpc) is 4.18. The summed E-state index contributed by atoms with van der Waals surface area (Å²) in [5.74, 6) is -3.57. The number of carbonyl (C=O) groups excluding carboxylic acids is 8. The number of imidazole rings is 3. The van der Waals surface area contributed by atoms with Crippen LogP contribution < -0.4 is 48.3 Å². The second kappa shape index (κ2) is 23.2. The highest BCUT2D eigenvalue weighted by Gasteiger charge is 2.23. The van der Waals surface area contributed by atoms with Gasteiger partial charge in [-0.1, -0.05) is 0 Å². The minimum Gasteiger partial charge on any atom is -0.356 e. The average molecular weight is 994 g/mol. The van der Waals surface area contributed by atoms with Gasteiger partial charge < -0.3 is 80.6 Å². The molecule has 0 saturated carbocycles. The molecule has 0 spiro atoms. The molecule has 0 aliphatic rings. The number of carbonyl (C=O) groups is 8. The quantitative estimate of drug-likeness (QED) is 0.0411. The molecule has 0 aliphatic carbocycles. The van der Waals surface area contributed by atoms with Crippen molar-refractivity contribution < 1.29 is 38.4 Å². The molecule has 0 unspecified atom stereocenters. The van der Waals surface area contributed by atoms with Gasteiger partial charge in [-0.3, -0.25) is 38.4 Å². The van der Waals surface area contributed by atoms with Gasteiger partial charge in [0.1, 0.15) is 17.1 Å². The van der Waals surface area contributed by atoms with Gasteiger partial charge in [-0.2, -0.15) is 0 Å². The van der Waals surface area contributed by atoms with Crippen LogP contribution in [0, 0.1) is 0 Å². The number of nitrogens with zero attached hydrogens (tertiary/aromatic N) is 10. The summed E-state index contributed by atoms with van der Waals surface area (Å²) in [6.45, 7) is 1.44. The first-order valence-corrected chi connectivity index (χ1v) is 22.5. The Kier molecular flexibility index (Phi) is 16.9. The van der Waals surface area contributed by atoms with Gasteiger partial charge in [-0.05, 0) is 45.3 Å². The molecule has 6 aromatic rings. The summed E-state index contributed by atoms with van der Waals surface area (Å²) in [5, 5.41) is 21.6. The maximum atomic E-state index is 13.3. The third kappa shape index (κ3) is 13.7. The first kappa shape index (κ1) is 52.5. The molecule has 27 nitrogen and oxygen atoms in total. The van der Waals surface area contributed by atoms with E-state index in [4.69, 9.17) is 5.73 Å². The highest BCUT2D eigenvalue weighted by Crippen LogP contribution is 2.20. The monoisotopic (exact) mass is 993 g/mol. The molecule has 72 heavy (non-hydrogen) atoms. The molecule has 0 saturated heterocycles. The van der Waals surface area contributed by atoms with Crippen molar-refractivity contribution in [3.05, 3.63) is 96.1 Å². The molecule has 0 aliphatic heterocycles. The number of aryl methyl sites for hydroxylation is 6. The second-order valence-corrected chi connectivity index (χ2v) is 17.2. The van der Waals surface area contributed by atoms with Gasteiger partial charge in [0.05, 0.1) is 17.1 Å². The summed E-state index contributed by atoms with van der Waals surface area (Å²) in [6, 6.07) is 3.61. The molecule has 6 aromatic heterocycles. The largest absolute Gasteiger partial charge is 0.356 e. The third-order valence-corrected chi connectivity index (χ3v) is 10.9. The summed E-state index contributed by atoms with van der Waals surface area (Å²) in [6.07, 6.45) is 11.4. The van der Waals surface area contributed by atoms with Crippen LogP contribution >= 0.6 is 0 Å². The van der Waals surface area contributed by atoms with Crippen molar-refractivity contribution in [1.29, 1.82) is 0 Å². The molecule has 27 heteroatoms. The Morgan fingerprint density at radius 1 is 0.542 bits per heavy atom. The van der Waals surface area contributed by atoms with E-state index in [0.29, 0.717) is 17.9 Å². The Balaban J connectivity index is 0.932. The highest BCUT2D eigenvalue weighted by molar-refractivity contribution is 6.07. The van der Waals surface area contributed by atoms with Gasteiger partial charge in [0.2, 0.25) is 23.5 Å². The molecule has 6 rings (SSSR count). The van der Waals surface area contributed by atoms with Crippen LogP contribution in [0.2, 0.25) is 0 Å². The van der Waals surface area contributed by atoms with Crippen LogP contribution in [0.4, 0.5) is 28.7 Å². The van der Waals surface area contributed by atoms with Gasteiger partial charge in [-0.15, -0.1) is 0 Å². The number of hydrogen-bond acceptors (Lipinski definition) is 13. The topological polar surface area (TPSA) is 330 Å². The van der Waals surface area contributed by atoms with Crippen molar-refractivity contribution in [2.24, 2.45) is 48.0 Å². The Hall–Kier alpha value is -8.85. The molecule has 10 N–H and O–H groups in total. The molecule has 0 bridgehead atoms. The number of amides is 8. The van der Waals surface area contributed by atoms with Crippen LogP contribution in [0.15, 0.2) is 61.6 Å². The van der Waals surface area contributed by atoms with Crippen molar-refractivity contribution in [2.75, 3.05) is 66.9 Å². The molecule has 8 amide bonds. The van der Waals surface area contributed by atoms with E-state index in [-0.39, 0.29) is 83.7 Å². The van der Waals surface area contributed by atoms with Crippen LogP contribution in [0.1, 0.15) is 82.6 Å². The predicted molar refractivity (Wildman–Crippen MR) is 264 cm³/mol. The predicted octanol–water partition coefficient (Wildman–Crippen LogP) is 0.186. The van der Waals surface area contributed by atoms with Crippen molar-refractivity contribution >= 4 is 76.0 Å². The lowest BCUT2D eigenvalue weighted by atomic mass is 10.2. The minimum absolute atomic E-state index is 0.00671. The molecular formula is C45H59N19O8. The number of hydrogen-bond donors (Lipinski definition) is 9. The molecular weight excluding hydrogens is 935 g/mol. The Morgan fingerprint density at radius 3 is 1.54 bits per heavy atom. The Bertz CT molecular complexity index is 3000. The fourth-order valence-electron chi connectivity index (χ4n) is 7.29. The second-order valence-electron chi connectivity index (χ2n) is 17.2. The summed E-state index contributed by atoms with van der Waals surface area (Å²) < 4.78 is 8.94. The minimum atomic E-state index is -0.817. The van der Waals surface area contributed by atoms with E-state index in [1.54, 1.807) is 59.2 Å². The van der Waals surface area contributed by atoms with Crippen molar-refractivity contribution in [1.82, 2.24) is 63.2 Å². The summed E-state index contributed by atoms with van der Waals surface area (Å²) >= 11 is 0. The zero-order chi connectivity index (χ0) is 52.4. The van der Waals surface area contributed by atoms with E-state index in [2.05, 4.69) is 57.5 Å². The zero-order valence-corrected chi connectivity index (χ0v) is 41.1. The first-order chi connectivity index (χ1) is 34.1. The van der Waals surface area contributed by atoms with Gasteiger partial charge in [-0.25, -0.2) is 15.0 Å². The maximum absolute atomic E-state index is 13.3.